The van der Waals surface area contributed by atoms with Crippen molar-refractivity contribution >= 4 is 5.84 Å². The minimum atomic E-state index is -0.0762. The van der Waals surface area contributed by atoms with Crippen LogP contribution in [0.2, 0.25) is 0 Å². The average Bonchev–Trinajstić information content (AvgIpc) is 2.16. The normalized spacial score (nSPS) is 12.1. The van der Waals surface area contributed by atoms with E-state index >= 15 is 0 Å². The number of amidine groups is 1. The molecule has 0 saturated heterocycles. The van der Waals surface area contributed by atoms with Gasteiger partial charge >= 0.3 is 0 Å². The number of rotatable bonds is 6. The molecule has 0 aromatic heterocycles. The zero-order valence-electron chi connectivity index (χ0n) is 11.0. The highest BCUT2D eigenvalue weighted by molar-refractivity contribution is 5.76. The molecule has 92 valence electrons. The molecule has 3 N–H and O–H groups in total. The highest BCUT2D eigenvalue weighted by Gasteiger charge is 2.09. The number of nitrogens with one attached hydrogen (secondary N) is 3. The number of nitrogens with zero attached hydrogens (tertiary/aromatic N) is 1. The van der Waals surface area contributed by atoms with E-state index in [0.717, 1.165) is 0 Å². The van der Waals surface area contributed by atoms with Crippen molar-refractivity contribution in [3.63, 3.8) is 0 Å². The first-order valence-corrected chi connectivity index (χ1v) is 5.47. The van der Waals surface area contributed by atoms with Gasteiger partial charge in [0, 0.05) is 17.7 Å². The fraction of sp³-hybridized carbons (Fsp3) is 0.583. The molecule has 0 fully saturated rings. The van der Waals surface area contributed by atoms with Crippen molar-refractivity contribution in [2.24, 2.45) is 5.41 Å². The Morgan fingerprint density at radius 1 is 1.44 bits per heavy atom. The highest BCUT2D eigenvalue weighted by atomic mass is 15.7. The molecular weight excluding hydrogens is 200 g/mol. The second kappa shape index (κ2) is 6.45. The van der Waals surface area contributed by atoms with Gasteiger partial charge in [0.15, 0.2) is 0 Å². The van der Waals surface area contributed by atoms with Crippen LogP contribution in [0.5, 0.6) is 0 Å². The largest absolute Gasteiger partial charge is 0.287 e. The van der Waals surface area contributed by atoms with Gasteiger partial charge in [0.05, 0.1) is 0 Å². The standard InChI is InChI=1S/C12H24N4/c1-7-12(5,6)8-9-16(11(4)13)15-14-10(2)3/h7-10,13-15H,1H2,2-6H3/b9-8-,13-11?. The first-order chi connectivity index (χ1) is 7.28. The maximum atomic E-state index is 7.61. The molecule has 0 unspecified atom stereocenters. The van der Waals surface area contributed by atoms with Crippen LogP contribution in [0.15, 0.2) is 24.9 Å². The first-order valence-electron chi connectivity index (χ1n) is 5.47. The molecule has 0 radical (unpaired) electrons. The van der Waals surface area contributed by atoms with E-state index in [1.54, 1.807) is 11.9 Å². The van der Waals surface area contributed by atoms with Crippen LogP contribution in [0.3, 0.4) is 0 Å². The highest BCUT2D eigenvalue weighted by Crippen LogP contribution is 2.17. The van der Waals surface area contributed by atoms with Crippen molar-refractivity contribution in [3.8, 4) is 0 Å². The van der Waals surface area contributed by atoms with Crippen LogP contribution in [-0.4, -0.2) is 16.9 Å². The second-order valence-electron chi connectivity index (χ2n) is 4.71. The molecule has 0 saturated carbocycles. The van der Waals surface area contributed by atoms with Crippen LogP contribution >= 0.6 is 0 Å². The molecule has 16 heavy (non-hydrogen) atoms. The van der Waals surface area contributed by atoms with Crippen molar-refractivity contribution in [1.82, 2.24) is 16.0 Å². The van der Waals surface area contributed by atoms with Gasteiger partial charge in [-0.1, -0.05) is 26.0 Å². The molecule has 0 aromatic rings. The molecule has 0 aliphatic heterocycles. The molecule has 0 aliphatic rings. The smallest absolute Gasteiger partial charge is 0.113 e. The SMILES string of the molecule is C=CC(C)(C)/C=C\N(NNC(C)C)C(C)=N. The first kappa shape index (κ1) is 14.9. The Bertz CT molecular complexity index is 266. The topological polar surface area (TPSA) is 51.1 Å². The summed E-state index contributed by atoms with van der Waals surface area (Å²) in [5, 5.41) is 9.24. The molecule has 0 atom stereocenters. The summed E-state index contributed by atoms with van der Waals surface area (Å²) in [6.45, 7) is 13.7. The Hall–Kier alpha value is -1.13. The van der Waals surface area contributed by atoms with Gasteiger partial charge in [-0.3, -0.25) is 10.4 Å². The minimum absolute atomic E-state index is 0.0762. The van der Waals surface area contributed by atoms with E-state index in [2.05, 4.69) is 31.4 Å². The van der Waals surface area contributed by atoms with Gasteiger partial charge in [0.1, 0.15) is 5.84 Å². The van der Waals surface area contributed by atoms with Gasteiger partial charge in [-0.25, -0.2) is 5.43 Å². The predicted molar refractivity (Wildman–Crippen MR) is 69.8 cm³/mol. The summed E-state index contributed by atoms with van der Waals surface area (Å²) < 4.78 is 0. The van der Waals surface area contributed by atoms with Crippen molar-refractivity contribution in [2.75, 3.05) is 0 Å². The third-order valence-electron chi connectivity index (χ3n) is 2.01. The molecule has 4 heteroatoms. The van der Waals surface area contributed by atoms with E-state index in [4.69, 9.17) is 5.41 Å². The summed E-state index contributed by atoms with van der Waals surface area (Å²) in [6, 6.07) is 0.308. The van der Waals surface area contributed by atoms with E-state index in [9.17, 15) is 0 Å². The average molecular weight is 224 g/mol. The molecule has 4 nitrogen and oxygen atoms in total. The molecule has 0 spiro atoms. The van der Waals surface area contributed by atoms with Crippen LogP contribution in [0.4, 0.5) is 0 Å². The summed E-state index contributed by atoms with van der Waals surface area (Å²) in [4.78, 5) is 0. The van der Waals surface area contributed by atoms with Crippen LogP contribution in [0, 0.1) is 10.8 Å². The Morgan fingerprint density at radius 3 is 2.38 bits per heavy atom. The van der Waals surface area contributed by atoms with Gasteiger partial charge in [-0.2, -0.15) is 5.53 Å². The molecular formula is C12H24N4. The number of allylic oxidation sites excluding steroid dienone is 2. The van der Waals surface area contributed by atoms with Crippen LogP contribution in [-0.2, 0) is 0 Å². The van der Waals surface area contributed by atoms with Gasteiger partial charge < -0.3 is 0 Å². The Balaban J connectivity index is 4.45. The third kappa shape index (κ3) is 6.37. The Labute approximate surface area is 98.9 Å². The van der Waals surface area contributed by atoms with Gasteiger partial charge in [0.25, 0.3) is 0 Å². The fourth-order valence-electron chi connectivity index (χ4n) is 0.766. The molecule has 0 aliphatic carbocycles. The monoisotopic (exact) mass is 224 g/mol. The summed E-state index contributed by atoms with van der Waals surface area (Å²) in [6.07, 6.45) is 5.70. The molecule has 0 rings (SSSR count). The zero-order chi connectivity index (χ0) is 12.8. The number of hydrogen-bond donors (Lipinski definition) is 3. The Morgan fingerprint density at radius 2 is 2.00 bits per heavy atom. The molecule has 0 bridgehead atoms. The van der Waals surface area contributed by atoms with Crippen molar-refractivity contribution < 1.29 is 0 Å². The Kier molecular flexibility index (Phi) is 6.00. The van der Waals surface area contributed by atoms with Gasteiger partial charge in [-0.05, 0) is 20.8 Å². The van der Waals surface area contributed by atoms with Crippen LogP contribution in [0.1, 0.15) is 34.6 Å². The second-order valence-corrected chi connectivity index (χ2v) is 4.71. The fourth-order valence-corrected chi connectivity index (χ4v) is 0.766. The lowest BCUT2D eigenvalue weighted by molar-refractivity contribution is 0.300. The lowest BCUT2D eigenvalue weighted by atomic mass is 9.94. The lowest BCUT2D eigenvalue weighted by Gasteiger charge is -2.23. The zero-order valence-corrected chi connectivity index (χ0v) is 11.0. The van der Waals surface area contributed by atoms with E-state index in [0.29, 0.717) is 11.9 Å². The summed E-state index contributed by atoms with van der Waals surface area (Å²) in [7, 11) is 0. The molecule has 0 heterocycles. The minimum Gasteiger partial charge on any atom is -0.287 e. The van der Waals surface area contributed by atoms with Gasteiger partial charge in [0.2, 0.25) is 0 Å². The van der Waals surface area contributed by atoms with Crippen LogP contribution in [0.25, 0.3) is 0 Å². The van der Waals surface area contributed by atoms with E-state index in [1.165, 1.54) is 0 Å². The maximum Gasteiger partial charge on any atom is 0.113 e. The van der Waals surface area contributed by atoms with Crippen molar-refractivity contribution in [2.45, 2.75) is 40.7 Å². The van der Waals surface area contributed by atoms with Crippen molar-refractivity contribution in [1.29, 1.82) is 5.41 Å². The summed E-state index contributed by atoms with van der Waals surface area (Å²) in [5.41, 5.74) is 5.92. The molecule has 0 aromatic carbocycles. The number of hydrogen-bond acceptors (Lipinski definition) is 3. The summed E-state index contributed by atoms with van der Waals surface area (Å²) >= 11 is 0. The van der Waals surface area contributed by atoms with E-state index in [-0.39, 0.29) is 5.41 Å². The number of hydrazine groups is 2. The van der Waals surface area contributed by atoms with E-state index in [1.807, 2.05) is 32.2 Å². The predicted octanol–water partition coefficient (Wildman–Crippen LogP) is 2.43. The molecule has 0 amide bonds. The quantitative estimate of drug-likeness (QED) is 0.281. The van der Waals surface area contributed by atoms with Crippen molar-refractivity contribution in [3.05, 3.63) is 24.9 Å². The third-order valence-corrected chi connectivity index (χ3v) is 2.01. The maximum absolute atomic E-state index is 7.61. The van der Waals surface area contributed by atoms with Gasteiger partial charge in [-0.15, -0.1) is 6.58 Å². The lowest BCUT2D eigenvalue weighted by Crippen LogP contribution is -2.48. The van der Waals surface area contributed by atoms with E-state index < -0.39 is 0 Å². The summed E-state index contributed by atoms with van der Waals surface area (Å²) in [5.74, 6) is 0.421. The van der Waals surface area contributed by atoms with Crippen LogP contribution < -0.4 is 11.0 Å².